The van der Waals surface area contributed by atoms with Gasteiger partial charge in [-0.25, -0.2) is 4.39 Å². The molecule has 0 aliphatic carbocycles. The summed E-state index contributed by atoms with van der Waals surface area (Å²) in [5, 5.41) is 9.09. The second kappa shape index (κ2) is 5.19. The lowest BCUT2D eigenvalue weighted by atomic mass is 10.1. The van der Waals surface area contributed by atoms with E-state index in [-0.39, 0.29) is 12.4 Å². The Morgan fingerprint density at radius 3 is 2.50 bits per heavy atom. The number of rotatable bonds is 3. The molecule has 0 fully saturated rings. The third kappa shape index (κ3) is 2.68. The topological polar surface area (TPSA) is 29.5 Å². The lowest BCUT2D eigenvalue weighted by Crippen LogP contribution is -1.92. The van der Waals surface area contributed by atoms with Crippen molar-refractivity contribution in [2.75, 3.05) is 0 Å². The summed E-state index contributed by atoms with van der Waals surface area (Å²) in [4.78, 5) is 0. The Hall–Kier alpha value is -1.87. The first-order chi connectivity index (χ1) is 8.60. The van der Waals surface area contributed by atoms with Crippen molar-refractivity contribution < 1.29 is 14.2 Å². The van der Waals surface area contributed by atoms with E-state index in [0.717, 1.165) is 16.7 Å². The zero-order valence-corrected chi connectivity index (χ0v) is 10.4. The smallest absolute Gasteiger partial charge is 0.133 e. The van der Waals surface area contributed by atoms with Crippen LogP contribution in [0.25, 0.3) is 0 Å². The molecule has 0 saturated carbocycles. The minimum Gasteiger partial charge on any atom is -0.457 e. The molecule has 2 aromatic rings. The molecule has 0 aliphatic heterocycles. The lowest BCUT2D eigenvalue weighted by molar-refractivity contribution is 0.281. The van der Waals surface area contributed by atoms with Crippen molar-refractivity contribution in [3.05, 3.63) is 58.9 Å². The largest absolute Gasteiger partial charge is 0.457 e. The van der Waals surface area contributed by atoms with Gasteiger partial charge in [-0.2, -0.15) is 0 Å². The summed E-state index contributed by atoms with van der Waals surface area (Å²) < 4.78 is 18.8. The number of hydrogen-bond acceptors (Lipinski definition) is 2. The summed E-state index contributed by atoms with van der Waals surface area (Å²) in [6.07, 6.45) is 0. The number of aliphatic hydroxyl groups excluding tert-OH is 1. The van der Waals surface area contributed by atoms with Crippen LogP contribution in [0.2, 0.25) is 0 Å². The molecule has 0 amide bonds. The molecular formula is C15H15FO2. The maximum atomic E-state index is 13.1. The number of benzene rings is 2. The molecule has 18 heavy (non-hydrogen) atoms. The Morgan fingerprint density at radius 2 is 1.83 bits per heavy atom. The number of hydrogen-bond donors (Lipinski definition) is 1. The summed E-state index contributed by atoms with van der Waals surface area (Å²) >= 11 is 0. The van der Waals surface area contributed by atoms with Crippen molar-refractivity contribution in [2.24, 2.45) is 0 Å². The van der Waals surface area contributed by atoms with Crippen LogP contribution >= 0.6 is 0 Å². The highest BCUT2D eigenvalue weighted by molar-refractivity contribution is 5.40. The molecular weight excluding hydrogens is 231 g/mol. The first kappa shape index (κ1) is 12.6. The normalized spacial score (nSPS) is 10.4. The van der Waals surface area contributed by atoms with Crippen LogP contribution in [0.3, 0.4) is 0 Å². The molecule has 2 nitrogen and oxygen atoms in total. The second-order valence-corrected chi connectivity index (χ2v) is 4.26. The molecule has 0 bridgehead atoms. The molecule has 0 aromatic heterocycles. The van der Waals surface area contributed by atoms with Gasteiger partial charge in [-0.1, -0.05) is 12.1 Å². The van der Waals surface area contributed by atoms with E-state index in [2.05, 4.69) is 0 Å². The zero-order valence-electron chi connectivity index (χ0n) is 10.4. The summed E-state index contributed by atoms with van der Waals surface area (Å²) in [5.74, 6) is 0.823. The molecule has 94 valence electrons. The fourth-order valence-electron chi connectivity index (χ4n) is 1.72. The van der Waals surface area contributed by atoms with E-state index in [1.807, 2.05) is 19.9 Å². The SMILES string of the molecule is Cc1cc(Oc2cc(F)ccc2C)ccc1CO. The van der Waals surface area contributed by atoms with Crippen LogP contribution in [0.4, 0.5) is 4.39 Å². The van der Waals surface area contributed by atoms with Gasteiger partial charge < -0.3 is 9.84 Å². The van der Waals surface area contributed by atoms with E-state index in [9.17, 15) is 4.39 Å². The van der Waals surface area contributed by atoms with Gasteiger partial charge in [0.2, 0.25) is 0 Å². The Kier molecular flexibility index (Phi) is 3.63. The standard InChI is InChI=1S/C15H15FO2/c1-10-3-5-13(16)8-15(10)18-14-6-4-12(9-17)11(2)7-14/h3-8,17H,9H2,1-2H3. The maximum absolute atomic E-state index is 13.1. The van der Waals surface area contributed by atoms with Gasteiger partial charge in [-0.15, -0.1) is 0 Å². The van der Waals surface area contributed by atoms with Crippen molar-refractivity contribution in [3.63, 3.8) is 0 Å². The molecule has 1 N–H and O–H groups in total. The lowest BCUT2D eigenvalue weighted by Gasteiger charge is -2.10. The fourth-order valence-corrected chi connectivity index (χ4v) is 1.72. The highest BCUT2D eigenvalue weighted by atomic mass is 19.1. The van der Waals surface area contributed by atoms with Crippen LogP contribution in [0.5, 0.6) is 11.5 Å². The summed E-state index contributed by atoms with van der Waals surface area (Å²) in [7, 11) is 0. The van der Waals surface area contributed by atoms with E-state index in [4.69, 9.17) is 9.84 Å². The Labute approximate surface area is 106 Å². The van der Waals surface area contributed by atoms with Crippen molar-refractivity contribution in [1.29, 1.82) is 0 Å². The van der Waals surface area contributed by atoms with E-state index in [1.54, 1.807) is 18.2 Å². The molecule has 0 aliphatic rings. The first-order valence-corrected chi connectivity index (χ1v) is 5.74. The predicted octanol–water partition coefficient (Wildman–Crippen LogP) is 3.73. The maximum Gasteiger partial charge on any atom is 0.133 e. The quantitative estimate of drug-likeness (QED) is 0.894. The minimum atomic E-state index is -0.320. The molecule has 0 atom stereocenters. The van der Waals surface area contributed by atoms with Gasteiger partial charge in [0.1, 0.15) is 17.3 Å². The first-order valence-electron chi connectivity index (χ1n) is 5.74. The Bertz CT molecular complexity index is 564. The molecule has 0 radical (unpaired) electrons. The molecule has 2 aromatic carbocycles. The highest BCUT2D eigenvalue weighted by Gasteiger charge is 2.05. The molecule has 2 rings (SSSR count). The Morgan fingerprint density at radius 1 is 1.06 bits per heavy atom. The van der Waals surface area contributed by atoms with Crippen molar-refractivity contribution >= 4 is 0 Å². The number of aryl methyl sites for hydroxylation is 2. The van der Waals surface area contributed by atoms with Crippen LogP contribution in [-0.4, -0.2) is 5.11 Å². The molecule has 3 heteroatoms. The highest BCUT2D eigenvalue weighted by Crippen LogP contribution is 2.27. The Balaban J connectivity index is 2.28. The molecule has 0 saturated heterocycles. The van der Waals surface area contributed by atoms with Gasteiger partial charge in [0.05, 0.1) is 6.61 Å². The van der Waals surface area contributed by atoms with E-state index in [0.29, 0.717) is 11.5 Å². The predicted molar refractivity (Wildman–Crippen MR) is 68.3 cm³/mol. The summed E-state index contributed by atoms with van der Waals surface area (Å²) in [5.41, 5.74) is 2.68. The van der Waals surface area contributed by atoms with E-state index in [1.165, 1.54) is 12.1 Å². The summed E-state index contributed by atoms with van der Waals surface area (Å²) in [6.45, 7) is 3.77. The molecule has 0 heterocycles. The fraction of sp³-hybridized carbons (Fsp3) is 0.200. The van der Waals surface area contributed by atoms with Gasteiger partial charge in [0.15, 0.2) is 0 Å². The van der Waals surface area contributed by atoms with Crippen LogP contribution in [-0.2, 0) is 6.61 Å². The second-order valence-electron chi connectivity index (χ2n) is 4.26. The van der Waals surface area contributed by atoms with Crippen LogP contribution < -0.4 is 4.74 Å². The van der Waals surface area contributed by atoms with Gasteiger partial charge in [-0.05, 0) is 48.7 Å². The van der Waals surface area contributed by atoms with Crippen molar-refractivity contribution in [3.8, 4) is 11.5 Å². The van der Waals surface area contributed by atoms with Gasteiger partial charge in [-0.3, -0.25) is 0 Å². The van der Waals surface area contributed by atoms with E-state index >= 15 is 0 Å². The number of ether oxygens (including phenoxy) is 1. The third-order valence-electron chi connectivity index (χ3n) is 2.86. The van der Waals surface area contributed by atoms with Crippen LogP contribution in [0, 0.1) is 19.7 Å². The number of halogens is 1. The summed E-state index contributed by atoms with van der Waals surface area (Å²) in [6, 6.07) is 9.85. The molecule has 0 unspecified atom stereocenters. The van der Waals surface area contributed by atoms with Crippen LogP contribution in [0.1, 0.15) is 16.7 Å². The number of aliphatic hydroxyl groups is 1. The average molecular weight is 246 g/mol. The third-order valence-corrected chi connectivity index (χ3v) is 2.86. The van der Waals surface area contributed by atoms with Gasteiger partial charge in [0, 0.05) is 6.07 Å². The molecule has 0 spiro atoms. The van der Waals surface area contributed by atoms with Crippen molar-refractivity contribution in [2.45, 2.75) is 20.5 Å². The van der Waals surface area contributed by atoms with Gasteiger partial charge >= 0.3 is 0 Å². The average Bonchev–Trinajstić information content (AvgIpc) is 2.34. The van der Waals surface area contributed by atoms with Crippen molar-refractivity contribution in [1.82, 2.24) is 0 Å². The van der Waals surface area contributed by atoms with E-state index < -0.39 is 0 Å². The minimum absolute atomic E-state index is 0.00507. The zero-order chi connectivity index (χ0) is 13.1. The van der Waals surface area contributed by atoms with Gasteiger partial charge in [0.25, 0.3) is 0 Å². The van der Waals surface area contributed by atoms with Crippen LogP contribution in [0.15, 0.2) is 36.4 Å². The monoisotopic (exact) mass is 246 g/mol.